The van der Waals surface area contributed by atoms with E-state index in [1.807, 2.05) is 27.7 Å². The van der Waals surface area contributed by atoms with Gasteiger partial charge in [-0.25, -0.2) is 16.8 Å². The second-order valence-electron chi connectivity index (χ2n) is 10.3. The van der Waals surface area contributed by atoms with Gasteiger partial charge >= 0.3 is 0 Å². The first-order valence-electron chi connectivity index (χ1n) is 14.9. The maximum absolute atomic E-state index is 13.0. The van der Waals surface area contributed by atoms with Crippen LogP contribution in [0.5, 0.6) is 0 Å². The van der Waals surface area contributed by atoms with Crippen LogP contribution in [-0.4, -0.2) is 63.4 Å². The van der Waals surface area contributed by atoms with Crippen molar-refractivity contribution in [3.8, 4) is 0 Å². The molecule has 0 bridgehead atoms. The minimum absolute atomic E-state index is 0.130. The van der Waals surface area contributed by atoms with E-state index in [-0.39, 0.29) is 20.9 Å². The number of nitrogens with zero attached hydrogens (tertiary/aromatic N) is 2. The van der Waals surface area contributed by atoms with E-state index in [0.717, 1.165) is 0 Å². The van der Waals surface area contributed by atoms with E-state index in [2.05, 4.69) is 10.6 Å². The molecule has 0 fully saturated rings. The highest BCUT2D eigenvalue weighted by Crippen LogP contribution is 2.21. The van der Waals surface area contributed by atoms with Crippen LogP contribution < -0.4 is 10.6 Å². The number of hydrogen-bond acceptors (Lipinski definition) is 6. The third-order valence-corrected chi connectivity index (χ3v) is 10.6. The molecule has 0 aliphatic carbocycles. The molecule has 2 N–H and O–H groups in total. The van der Waals surface area contributed by atoms with Crippen LogP contribution in [-0.2, 0) is 20.0 Å². The fourth-order valence-corrected chi connectivity index (χ4v) is 7.89. The smallest absolute Gasteiger partial charge is 0.255 e. The molecule has 12 heteroatoms. The Hall–Kier alpha value is -3.58. The summed E-state index contributed by atoms with van der Waals surface area (Å²) < 4.78 is 54.9. The van der Waals surface area contributed by atoms with Crippen molar-refractivity contribution < 1.29 is 26.4 Å². The monoisotopic (exact) mass is 642 g/mol. The molecule has 0 aliphatic rings. The van der Waals surface area contributed by atoms with Crippen molar-refractivity contribution in [2.75, 3.05) is 36.8 Å². The molecule has 44 heavy (non-hydrogen) atoms. The average Bonchev–Trinajstić information content (AvgIpc) is 3.01. The molecule has 2 amide bonds. The van der Waals surface area contributed by atoms with Gasteiger partial charge in [0, 0.05) is 48.7 Å². The fraction of sp³-hybridized carbons (Fsp3) is 0.375. The van der Waals surface area contributed by atoms with Gasteiger partial charge in [-0.05, 0) is 92.4 Å². The number of carbonyl (C=O) groups excluding carboxylic acids is 2. The van der Waals surface area contributed by atoms with E-state index in [0.29, 0.717) is 63.2 Å². The SMILES string of the molecule is CCCN(CCC)S(=O)(=O)c1ccc(C(=O)Nc2cccc(NC(=O)c3ccc(S(=O)(=O)N(CCC)CCC)cc3)c2)cc1. The lowest BCUT2D eigenvalue weighted by atomic mass is 10.2. The Kier molecular flexibility index (Phi) is 12.6. The van der Waals surface area contributed by atoms with Crippen molar-refractivity contribution in [2.45, 2.75) is 63.2 Å². The van der Waals surface area contributed by atoms with Gasteiger partial charge in [0.1, 0.15) is 0 Å². The number of anilines is 2. The quantitative estimate of drug-likeness (QED) is 0.203. The number of nitrogens with one attached hydrogen (secondary N) is 2. The van der Waals surface area contributed by atoms with Crippen LogP contribution in [0.1, 0.15) is 74.1 Å². The normalized spacial score (nSPS) is 12.0. The summed E-state index contributed by atoms with van der Waals surface area (Å²) in [4.78, 5) is 26.1. The number of rotatable bonds is 16. The highest BCUT2D eigenvalue weighted by Gasteiger charge is 2.24. The van der Waals surface area contributed by atoms with E-state index < -0.39 is 31.9 Å². The van der Waals surface area contributed by atoms with Crippen LogP contribution in [0.15, 0.2) is 82.6 Å². The topological polar surface area (TPSA) is 133 Å². The van der Waals surface area contributed by atoms with Crippen LogP contribution in [0.2, 0.25) is 0 Å². The molecule has 10 nitrogen and oxygen atoms in total. The predicted octanol–water partition coefficient (Wildman–Crippen LogP) is 5.81. The van der Waals surface area contributed by atoms with Gasteiger partial charge in [-0.15, -0.1) is 0 Å². The molecule has 0 aromatic heterocycles. The van der Waals surface area contributed by atoms with E-state index in [1.54, 1.807) is 24.3 Å². The van der Waals surface area contributed by atoms with Crippen LogP contribution >= 0.6 is 0 Å². The minimum Gasteiger partial charge on any atom is -0.322 e. The summed E-state index contributed by atoms with van der Waals surface area (Å²) in [5, 5.41) is 5.53. The number of amides is 2. The minimum atomic E-state index is -3.66. The van der Waals surface area contributed by atoms with Crippen LogP contribution in [0.4, 0.5) is 11.4 Å². The Morgan fingerprint density at radius 3 is 1.16 bits per heavy atom. The Labute approximate surface area is 261 Å². The average molecular weight is 643 g/mol. The molecule has 3 aromatic rings. The van der Waals surface area contributed by atoms with Crippen LogP contribution in [0.25, 0.3) is 0 Å². The predicted molar refractivity (Wildman–Crippen MR) is 174 cm³/mol. The molecule has 0 saturated heterocycles. The Morgan fingerprint density at radius 1 is 0.545 bits per heavy atom. The summed E-state index contributed by atoms with van der Waals surface area (Å²) in [7, 11) is -7.31. The maximum Gasteiger partial charge on any atom is 0.255 e. The lowest BCUT2D eigenvalue weighted by Crippen LogP contribution is -2.32. The number of carbonyl (C=O) groups is 2. The van der Waals surface area contributed by atoms with Crippen molar-refractivity contribution >= 4 is 43.2 Å². The van der Waals surface area contributed by atoms with Crippen molar-refractivity contribution in [2.24, 2.45) is 0 Å². The van der Waals surface area contributed by atoms with E-state index in [9.17, 15) is 26.4 Å². The maximum atomic E-state index is 13.0. The molecule has 0 unspecified atom stereocenters. The molecule has 0 atom stereocenters. The highest BCUT2D eigenvalue weighted by atomic mass is 32.2. The molecule has 0 heterocycles. The zero-order valence-corrected chi connectivity index (χ0v) is 27.4. The lowest BCUT2D eigenvalue weighted by Gasteiger charge is -2.21. The highest BCUT2D eigenvalue weighted by molar-refractivity contribution is 7.89. The number of hydrogen-bond donors (Lipinski definition) is 2. The van der Waals surface area contributed by atoms with Crippen molar-refractivity contribution in [1.29, 1.82) is 0 Å². The summed E-state index contributed by atoms with van der Waals surface area (Å²) in [6.45, 7) is 9.40. The van der Waals surface area contributed by atoms with Crippen LogP contribution in [0, 0.1) is 0 Å². The summed E-state index contributed by atoms with van der Waals surface area (Å²) in [5.41, 5.74) is 1.41. The number of sulfonamides is 2. The standard InChI is InChI=1S/C32H42N4O6S2/c1-5-20-35(21-6-2)43(39,40)29-16-12-25(13-17-29)31(37)33-27-10-9-11-28(24-27)34-32(38)26-14-18-30(19-15-26)44(41,42)36(22-7-3)23-8-4/h9-19,24H,5-8,20-23H2,1-4H3,(H,33,37)(H,34,38). The first-order valence-corrected chi connectivity index (χ1v) is 17.8. The van der Waals surface area contributed by atoms with Crippen LogP contribution in [0.3, 0.4) is 0 Å². The van der Waals surface area contributed by atoms with E-state index >= 15 is 0 Å². The van der Waals surface area contributed by atoms with Crippen molar-refractivity contribution in [1.82, 2.24) is 8.61 Å². The van der Waals surface area contributed by atoms with Gasteiger partial charge < -0.3 is 10.6 Å². The molecule has 3 rings (SSSR count). The van der Waals surface area contributed by atoms with Crippen molar-refractivity contribution in [3.63, 3.8) is 0 Å². The Morgan fingerprint density at radius 2 is 0.864 bits per heavy atom. The third-order valence-electron chi connectivity index (χ3n) is 6.78. The Bertz CT molecular complexity index is 1490. The first kappa shape index (κ1) is 34.9. The van der Waals surface area contributed by atoms with E-state index in [1.165, 1.54) is 57.1 Å². The van der Waals surface area contributed by atoms with Gasteiger partial charge in [-0.2, -0.15) is 8.61 Å². The summed E-state index contributed by atoms with van der Waals surface area (Å²) in [6, 6.07) is 18.2. The zero-order chi connectivity index (χ0) is 32.3. The molecule has 3 aromatic carbocycles. The summed E-state index contributed by atoms with van der Waals surface area (Å²) >= 11 is 0. The molecule has 238 valence electrons. The number of benzene rings is 3. The van der Waals surface area contributed by atoms with Gasteiger partial charge in [0.15, 0.2) is 0 Å². The first-order chi connectivity index (χ1) is 21.0. The molecule has 0 spiro atoms. The van der Waals surface area contributed by atoms with Gasteiger partial charge in [0.25, 0.3) is 11.8 Å². The Balaban J connectivity index is 1.68. The van der Waals surface area contributed by atoms with Gasteiger partial charge in [0.05, 0.1) is 9.79 Å². The van der Waals surface area contributed by atoms with Gasteiger partial charge in [-0.1, -0.05) is 33.8 Å². The lowest BCUT2D eigenvalue weighted by molar-refractivity contribution is 0.101. The molecule has 0 radical (unpaired) electrons. The zero-order valence-electron chi connectivity index (χ0n) is 25.7. The van der Waals surface area contributed by atoms with Gasteiger partial charge in [-0.3, -0.25) is 9.59 Å². The largest absolute Gasteiger partial charge is 0.322 e. The molecular formula is C32H42N4O6S2. The van der Waals surface area contributed by atoms with E-state index in [4.69, 9.17) is 0 Å². The molecular weight excluding hydrogens is 601 g/mol. The third kappa shape index (κ3) is 8.75. The second-order valence-corrected chi connectivity index (χ2v) is 14.2. The molecule has 0 saturated carbocycles. The van der Waals surface area contributed by atoms with Crippen molar-refractivity contribution in [3.05, 3.63) is 83.9 Å². The van der Waals surface area contributed by atoms with Gasteiger partial charge in [0.2, 0.25) is 20.0 Å². The second kappa shape index (κ2) is 15.9. The molecule has 0 aliphatic heterocycles. The summed E-state index contributed by atoms with van der Waals surface area (Å²) in [6.07, 6.45) is 2.81. The fourth-order valence-electron chi connectivity index (χ4n) is 4.64. The summed E-state index contributed by atoms with van der Waals surface area (Å²) in [5.74, 6) is -0.873.